The fraction of sp³-hybridized carbons (Fsp3) is 0.625. The van der Waals surface area contributed by atoms with E-state index < -0.39 is 0 Å². The van der Waals surface area contributed by atoms with Gasteiger partial charge in [-0.25, -0.2) is 0 Å². The monoisotopic (exact) mass is 218 g/mol. The van der Waals surface area contributed by atoms with Crippen molar-refractivity contribution in [3.63, 3.8) is 0 Å². The van der Waals surface area contributed by atoms with Gasteiger partial charge in [-0.05, 0) is 0 Å². The van der Waals surface area contributed by atoms with Crippen LogP contribution in [0.2, 0.25) is 0 Å². The number of amides is 2. The van der Waals surface area contributed by atoms with Gasteiger partial charge in [-0.3, -0.25) is 14.4 Å². The molecule has 0 aromatic carbocycles. The van der Waals surface area contributed by atoms with Crippen molar-refractivity contribution >= 4 is 28.7 Å². The molecule has 0 saturated heterocycles. The van der Waals surface area contributed by atoms with Crippen LogP contribution in [-0.2, 0) is 14.4 Å². The predicted octanol–water partition coefficient (Wildman–Crippen LogP) is -0.134. The van der Waals surface area contributed by atoms with Crippen molar-refractivity contribution < 1.29 is 14.4 Å². The Morgan fingerprint density at radius 2 is 1.71 bits per heavy atom. The van der Waals surface area contributed by atoms with E-state index in [-0.39, 0.29) is 29.4 Å². The van der Waals surface area contributed by atoms with Crippen molar-refractivity contribution in [2.45, 2.75) is 20.3 Å². The Hall–Kier alpha value is -1.04. The third-order valence-corrected chi connectivity index (χ3v) is 2.11. The maximum atomic E-state index is 11.0. The van der Waals surface area contributed by atoms with Crippen LogP contribution in [0.4, 0.5) is 0 Å². The summed E-state index contributed by atoms with van der Waals surface area (Å²) in [5.74, 6) is -0.289. The van der Waals surface area contributed by atoms with Gasteiger partial charge in [0.15, 0.2) is 5.12 Å². The Morgan fingerprint density at radius 3 is 2.21 bits per heavy atom. The third kappa shape index (κ3) is 7.60. The molecule has 14 heavy (non-hydrogen) atoms. The summed E-state index contributed by atoms with van der Waals surface area (Å²) in [4.78, 5) is 32.2. The first-order valence-electron chi connectivity index (χ1n) is 4.23. The van der Waals surface area contributed by atoms with E-state index in [4.69, 9.17) is 0 Å². The van der Waals surface area contributed by atoms with E-state index in [1.165, 1.54) is 6.92 Å². The molecule has 2 N–H and O–H groups in total. The van der Waals surface area contributed by atoms with Crippen molar-refractivity contribution in [1.29, 1.82) is 0 Å². The summed E-state index contributed by atoms with van der Waals surface area (Å²) in [7, 11) is 0. The summed E-state index contributed by atoms with van der Waals surface area (Å²) in [5.41, 5.74) is 0. The molecular formula is C8H14N2O3S. The number of rotatable bonds is 5. The van der Waals surface area contributed by atoms with Crippen LogP contribution in [0.3, 0.4) is 0 Å². The summed E-state index contributed by atoms with van der Waals surface area (Å²) < 4.78 is 0. The highest BCUT2D eigenvalue weighted by molar-refractivity contribution is 8.14. The number of carbonyl (C=O) groups is 3. The van der Waals surface area contributed by atoms with Crippen LogP contribution >= 0.6 is 11.8 Å². The summed E-state index contributed by atoms with van der Waals surface area (Å²) in [6, 6.07) is 0. The summed E-state index contributed by atoms with van der Waals surface area (Å²) >= 11 is 0.940. The molecule has 0 rings (SSSR count). The molecule has 0 fully saturated rings. The summed E-state index contributed by atoms with van der Waals surface area (Å²) in [6.07, 6.45) is 0.387. The minimum absolute atomic E-state index is 0.0946. The van der Waals surface area contributed by atoms with E-state index in [9.17, 15) is 14.4 Å². The standard InChI is InChI=1S/C8H14N2O3S/c1-3-7(12)9-5-10-8(13)4-14-6(2)11/h3-5H2,1-2H3,(H,9,12)(H,10,13). The minimum Gasteiger partial charge on any atom is -0.339 e. The molecule has 5 nitrogen and oxygen atoms in total. The molecule has 0 radical (unpaired) electrons. The van der Waals surface area contributed by atoms with Crippen molar-refractivity contribution in [2.75, 3.05) is 12.4 Å². The zero-order chi connectivity index (χ0) is 11.0. The topological polar surface area (TPSA) is 75.3 Å². The molecule has 0 saturated carbocycles. The lowest BCUT2D eigenvalue weighted by atomic mass is 10.5. The molecule has 0 bridgehead atoms. The smallest absolute Gasteiger partial charge is 0.231 e. The molecule has 80 valence electrons. The van der Waals surface area contributed by atoms with E-state index in [2.05, 4.69) is 10.6 Å². The van der Waals surface area contributed by atoms with E-state index >= 15 is 0 Å². The zero-order valence-corrected chi connectivity index (χ0v) is 9.07. The highest BCUT2D eigenvalue weighted by Gasteiger charge is 2.03. The Bertz CT molecular complexity index is 231. The first kappa shape index (κ1) is 13.0. The van der Waals surface area contributed by atoms with Crippen LogP contribution < -0.4 is 10.6 Å². The Kier molecular flexibility index (Phi) is 6.82. The number of nitrogens with one attached hydrogen (secondary N) is 2. The predicted molar refractivity (Wildman–Crippen MR) is 54.6 cm³/mol. The fourth-order valence-corrected chi connectivity index (χ4v) is 1.02. The van der Waals surface area contributed by atoms with Gasteiger partial charge >= 0.3 is 0 Å². The van der Waals surface area contributed by atoms with Crippen LogP contribution in [0.15, 0.2) is 0 Å². The Labute approximate surface area is 87.0 Å². The summed E-state index contributed by atoms with van der Waals surface area (Å²) in [6.45, 7) is 3.24. The molecule has 0 unspecified atom stereocenters. The molecule has 0 aromatic heterocycles. The van der Waals surface area contributed by atoms with Gasteiger partial charge in [0.05, 0.1) is 12.4 Å². The maximum Gasteiger partial charge on any atom is 0.231 e. The number of thioether (sulfide) groups is 1. The van der Waals surface area contributed by atoms with Crippen LogP contribution in [0.25, 0.3) is 0 Å². The second kappa shape index (κ2) is 7.37. The number of hydrogen-bond donors (Lipinski definition) is 2. The lowest BCUT2D eigenvalue weighted by Gasteiger charge is -2.04. The number of carbonyl (C=O) groups excluding carboxylic acids is 3. The van der Waals surface area contributed by atoms with E-state index in [1.54, 1.807) is 6.92 Å². The molecular weight excluding hydrogens is 204 g/mol. The van der Waals surface area contributed by atoms with Crippen molar-refractivity contribution in [1.82, 2.24) is 10.6 Å². The highest BCUT2D eigenvalue weighted by atomic mass is 32.2. The molecule has 6 heteroatoms. The lowest BCUT2D eigenvalue weighted by molar-refractivity contribution is -0.121. The van der Waals surface area contributed by atoms with Crippen molar-refractivity contribution in [3.05, 3.63) is 0 Å². The SMILES string of the molecule is CCC(=O)NCNC(=O)CSC(C)=O. The average Bonchev–Trinajstić information content (AvgIpc) is 2.14. The normalized spacial score (nSPS) is 9.29. The maximum absolute atomic E-state index is 11.0. The first-order chi connectivity index (χ1) is 6.56. The van der Waals surface area contributed by atoms with E-state index in [0.717, 1.165) is 11.8 Å². The molecule has 0 aliphatic rings. The second-order valence-corrected chi connectivity index (χ2v) is 3.66. The zero-order valence-electron chi connectivity index (χ0n) is 8.25. The van der Waals surface area contributed by atoms with Crippen molar-refractivity contribution in [2.24, 2.45) is 0 Å². The van der Waals surface area contributed by atoms with Crippen LogP contribution in [-0.4, -0.2) is 29.4 Å². The number of hydrogen-bond acceptors (Lipinski definition) is 4. The van der Waals surface area contributed by atoms with Crippen LogP contribution in [0.1, 0.15) is 20.3 Å². The van der Waals surface area contributed by atoms with E-state index in [0.29, 0.717) is 6.42 Å². The average molecular weight is 218 g/mol. The third-order valence-electron chi connectivity index (χ3n) is 1.30. The molecule has 0 aromatic rings. The largest absolute Gasteiger partial charge is 0.339 e. The first-order valence-corrected chi connectivity index (χ1v) is 5.21. The summed E-state index contributed by atoms with van der Waals surface area (Å²) in [5, 5.41) is 4.85. The van der Waals surface area contributed by atoms with Gasteiger partial charge in [0.25, 0.3) is 0 Å². The quantitative estimate of drug-likeness (QED) is 0.630. The molecule has 0 spiro atoms. The van der Waals surface area contributed by atoms with Gasteiger partial charge in [0.1, 0.15) is 0 Å². The second-order valence-electron chi connectivity index (χ2n) is 2.51. The molecule has 0 aliphatic carbocycles. The highest BCUT2D eigenvalue weighted by Crippen LogP contribution is 1.98. The molecule has 2 amide bonds. The van der Waals surface area contributed by atoms with E-state index in [1.807, 2.05) is 0 Å². The Balaban J connectivity index is 3.45. The lowest BCUT2D eigenvalue weighted by Crippen LogP contribution is -2.37. The van der Waals surface area contributed by atoms with Gasteiger partial charge in [-0.1, -0.05) is 18.7 Å². The molecule has 0 heterocycles. The van der Waals surface area contributed by atoms with Gasteiger partial charge < -0.3 is 10.6 Å². The van der Waals surface area contributed by atoms with Crippen LogP contribution in [0.5, 0.6) is 0 Å². The molecule has 0 atom stereocenters. The fourth-order valence-electron chi connectivity index (χ4n) is 0.585. The van der Waals surface area contributed by atoms with Gasteiger partial charge in [0.2, 0.25) is 11.8 Å². The van der Waals surface area contributed by atoms with Gasteiger partial charge in [-0.15, -0.1) is 0 Å². The van der Waals surface area contributed by atoms with Gasteiger partial charge in [-0.2, -0.15) is 0 Å². The molecule has 0 aliphatic heterocycles. The van der Waals surface area contributed by atoms with Crippen molar-refractivity contribution in [3.8, 4) is 0 Å². The van der Waals surface area contributed by atoms with Gasteiger partial charge in [0, 0.05) is 13.3 Å². The minimum atomic E-state index is -0.262. The van der Waals surface area contributed by atoms with Crippen LogP contribution in [0, 0.1) is 0 Å². The Morgan fingerprint density at radius 1 is 1.14 bits per heavy atom.